The van der Waals surface area contributed by atoms with Gasteiger partial charge in [-0.1, -0.05) is 17.7 Å². The molecule has 1 aliphatic rings. The fourth-order valence-electron chi connectivity index (χ4n) is 2.01. The number of rotatable bonds is 3. The summed E-state index contributed by atoms with van der Waals surface area (Å²) in [5, 5.41) is 3.48. The molecule has 6 heteroatoms. The highest BCUT2D eigenvalue weighted by Crippen LogP contribution is 2.46. The van der Waals surface area contributed by atoms with Crippen LogP contribution in [0.2, 0.25) is 5.02 Å². The summed E-state index contributed by atoms with van der Waals surface area (Å²) in [6.07, 6.45) is 0.793. The summed E-state index contributed by atoms with van der Waals surface area (Å²) in [4.78, 5) is 4.33. The zero-order valence-corrected chi connectivity index (χ0v) is 13.9. The van der Waals surface area contributed by atoms with E-state index >= 15 is 0 Å². The molecule has 1 aliphatic carbocycles. The van der Waals surface area contributed by atoms with E-state index in [9.17, 15) is 4.39 Å². The molecule has 3 N–H and O–H groups in total. The first-order valence-electron chi connectivity index (χ1n) is 6.02. The highest BCUT2D eigenvalue weighted by molar-refractivity contribution is 14.0. The largest absolute Gasteiger partial charge is 0.370 e. The fourth-order valence-corrected chi connectivity index (χ4v) is 2.31. The van der Waals surface area contributed by atoms with Gasteiger partial charge in [0.1, 0.15) is 5.82 Å². The van der Waals surface area contributed by atoms with Crippen molar-refractivity contribution in [1.29, 1.82) is 0 Å². The van der Waals surface area contributed by atoms with Crippen molar-refractivity contribution in [3.05, 3.63) is 34.6 Å². The SMILES string of the molecule is CC(C)NC(N)=NC1CC1c1c(F)cccc1Cl.I. The van der Waals surface area contributed by atoms with Gasteiger partial charge in [0.25, 0.3) is 0 Å². The lowest BCUT2D eigenvalue weighted by Gasteiger charge is -2.08. The molecule has 0 aliphatic heterocycles. The average Bonchev–Trinajstić information content (AvgIpc) is 2.95. The summed E-state index contributed by atoms with van der Waals surface area (Å²) < 4.78 is 13.7. The van der Waals surface area contributed by atoms with Crippen LogP contribution in [0.5, 0.6) is 0 Å². The van der Waals surface area contributed by atoms with E-state index in [1.54, 1.807) is 12.1 Å². The van der Waals surface area contributed by atoms with Crippen molar-refractivity contribution in [2.45, 2.75) is 38.3 Å². The first-order chi connectivity index (χ1) is 8.49. The maximum Gasteiger partial charge on any atom is 0.189 e. The molecule has 2 atom stereocenters. The number of nitrogens with two attached hydrogens (primary N) is 1. The van der Waals surface area contributed by atoms with Gasteiger partial charge in [0.15, 0.2) is 5.96 Å². The zero-order valence-electron chi connectivity index (χ0n) is 10.9. The second-order valence-electron chi connectivity index (χ2n) is 4.86. The number of nitrogens with zero attached hydrogens (tertiary/aromatic N) is 1. The molecule has 106 valence electrons. The van der Waals surface area contributed by atoms with Crippen LogP contribution in [0.15, 0.2) is 23.2 Å². The minimum absolute atomic E-state index is 0. The van der Waals surface area contributed by atoms with Crippen molar-refractivity contribution in [2.24, 2.45) is 10.7 Å². The molecule has 2 unspecified atom stereocenters. The van der Waals surface area contributed by atoms with Gasteiger partial charge in [-0.05, 0) is 32.4 Å². The minimum Gasteiger partial charge on any atom is -0.370 e. The topological polar surface area (TPSA) is 50.4 Å². The van der Waals surface area contributed by atoms with Crippen molar-refractivity contribution in [3.63, 3.8) is 0 Å². The number of aliphatic imine (C=N–C) groups is 1. The standard InChI is InChI=1S/C13H17ClFN3.HI/c1-7(2)17-13(16)18-11-6-8(11)12-9(14)4-3-5-10(12)15;/h3-5,7-8,11H,6H2,1-2H3,(H3,16,17,18);1H. The van der Waals surface area contributed by atoms with Crippen LogP contribution in [0.25, 0.3) is 0 Å². The fraction of sp³-hybridized carbons (Fsp3) is 0.462. The van der Waals surface area contributed by atoms with Crippen LogP contribution in [-0.2, 0) is 0 Å². The molecule has 0 bridgehead atoms. The van der Waals surface area contributed by atoms with Gasteiger partial charge < -0.3 is 11.1 Å². The zero-order chi connectivity index (χ0) is 13.3. The first kappa shape index (κ1) is 16.5. The van der Waals surface area contributed by atoms with Crippen LogP contribution in [0.4, 0.5) is 4.39 Å². The average molecular weight is 398 g/mol. The molecule has 1 saturated carbocycles. The quantitative estimate of drug-likeness (QED) is 0.467. The van der Waals surface area contributed by atoms with Crippen molar-refractivity contribution >= 4 is 41.5 Å². The van der Waals surface area contributed by atoms with Gasteiger partial charge in [0, 0.05) is 22.5 Å². The second-order valence-corrected chi connectivity index (χ2v) is 5.27. The maximum atomic E-state index is 13.7. The normalized spacial score (nSPS) is 22.1. The van der Waals surface area contributed by atoms with Gasteiger partial charge in [0.05, 0.1) is 6.04 Å². The van der Waals surface area contributed by atoms with Gasteiger partial charge in [-0.25, -0.2) is 9.38 Å². The van der Waals surface area contributed by atoms with Gasteiger partial charge in [-0.3, -0.25) is 0 Å². The summed E-state index contributed by atoms with van der Waals surface area (Å²) in [6, 6.07) is 5.01. The Balaban J connectivity index is 0.00000180. The molecule has 3 nitrogen and oxygen atoms in total. The molecule has 19 heavy (non-hydrogen) atoms. The van der Waals surface area contributed by atoms with E-state index in [1.165, 1.54) is 6.07 Å². The molecule has 0 radical (unpaired) electrons. The molecule has 0 heterocycles. The number of nitrogens with one attached hydrogen (secondary N) is 1. The number of halogens is 3. The summed E-state index contributed by atoms with van der Waals surface area (Å²) in [6.45, 7) is 3.97. The summed E-state index contributed by atoms with van der Waals surface area (Å²) in [5.74, 6) is 0.191. The maximum absolute atomic E-state index is 13.7. The highest BCUT2D eigenvalue weighted by atomic mass is 127. The third-order valence-electron chi connectivity index (χ3n) is 2.87. The first-order valence-corrected chi connectivity index (χ1v) is 6.40. The number of benzene rings is 1. The molecule has 2 rings (SSSR count). The molecular formula is C13H18ClFIN3. The lowest BCUT2D eigenvalue weighted by molar-refractivity contribution is 0.609. The Kier molecular flexibility index (Phi) is 5.85. The molecule has 0 saturated heterocycles. The Bertz CT molecular complexity index is 459. The van der Waals surface area contributed by atoms with Gasteiger partial charge in [0.2, 0.25) is 0 Å². The Morgan fingerprint density at radius 1 is 1.53 bits per heavy atom. The van der Waals surface area contributed by atoms with Crippen molar-refractivity contribution in [1.82, 2.24) is 5.32 Å². The van der Waals surface area contributed by atoms with Crippen LogP contribution in [-0.4, -0.2) is 18.0 Å². The molecule has 1 fully saturated rings. The Hall–Kier alpha value is -0.560. The third-order valence-corrected chi connectivity index (χ3v) is 3.20. The van der Waals surface area contributed by atoms with Crippen LogP contribution in [0.1, 0.15) is 31.7 Å². The summed E-state index contributed by atoms with van der Waals surface area (Å²) in [5.41, 5.74) is 6.30. The third kappa shape index (κ3) is 4.21. The van der Waals surface area contributed by atoms with E-state index in [0.29, 0.717) is 16.5 Å². The molecular weight excluding hydrogens is 380 g/mol. The van der Waals surface area contributed by atoms with Crippen molar-refractivity contribution in [2.75, 3.05) is 0 Å². The van der Waals surface area contributed by atoms with E-state index in [-0.39, 0.29) is 47.8 Å². The highest BCUT2D eigenvalue weighted by Gasteiger charge is 2.41. The van der Waals surface area contributed by atoms with Crippen LogP contribution < -0.4 is 11.1 Å². The van der Waals surface area contributed by atoms with Gasteiger partial charge >= 0.3 is 0 Å². The van der Waals surface area contributed by atoms with E-state index in [0.717, 1.165) is 6.42 Å². The van der Waals surface area contributed by atoms with E-state index in [1.807, 2.05) is 13.8 Å². The molecule has 0 amide bonds. The number of hydrogen-bond acceptors (Lipinski definition) is 1. The van der Waals surface area contributed by atoms with Crippen LogP contribution >= 0.6 is 35.6 Å². The Morgan fingerprint density at radius 3 is 2.79 bits per heavy atom. The number of hydrogen-bond donors (Lipinski definition) is 2. The van der Waals surface area contributed by atoms with Gasteiger partial charge in [-0.15, -0.1) is 24.0 Å². The molecule has 1 aromatic carbocycles. The number of guanidine groups is 1. The predicted octanol–water partition coefficient (Wildman–Crippen LogP) is 3.27. The Labute approximate surface area is 134 Å². The summed E-state index contributed by atoms with van der Waals surface area (Å²) in [7, 11) is 0. The van der Waals surface area contributed by atoms with Crippen molar-refractivity contribution in [3.8, 4) is 0 Å². The lowest BCUT2D eigenvalue weighted by atomic mass is 10.1. The molecule has 0 spiro atoms. The lowest BCUT2D eigenvalue weighted by Crippen LogP contribution is -2.37. The molecule has 0 aromatic heterocycles. The minimum atomic E-state index is -0.263. The molecule has 1 aromatic rings. The predicted molar refractivity (Wildman–Crippen MR) is 87.9 cm³/mol. The van der Waals surface area contributed by atoms with E-state index < -0.39 is 0 Å². The van der Waals surface area contributed by atoms with E-state index in [4.69, 9.17) is 17.3 Å². The Morgan fingerprint density at radius 2 is 2.21 bits per heavy atom. The second kappa shape index (κ2) is 6.74. The van der Waals surface area contributed by atoms with Crippen LogP contribution in [0, 0.1) is 5.82 Å². The monoisotopic (exact) mass is 397 g/mol. The van der Waals surface area contributed by atoms with Crippen LogP contribution in [0.3, 0.4) is 0 Å². The van der Waals surface area contributed by atoms with Crippen molar-refractivity contribution < 1.29 is 4.39 Å². The smallest absolute Gasteiger partial charge is 0.189 e. The van der Waals surface area contributed by atoms with Gasteiger partial charge in [-0.2, -0.15) is 0 Å². The summed E-state index contributed by atoms with van der Waals surface area (Å²) >= 11 is 6.02. The van der Waals surface area contributed by atoms with E-state index in [2.05, 4.69) is 10.3 Å².